The zero-order valence-electron chi connectivity index (χ0n) is 11.0. The van der Waals surface area contributed by atoms with E-state index < -0.39 is 0 Å². The molecule has 0 spiro atoms. The van der Waals surface area contributed by atoms with Crippen molar-refractivity contribution in [3.05, 3.63) is 64.1 Å². The molecule has 3 heteroatoms. The first-order valence-corrected chi connectivity index (χ1v) is 7.57. The number of nitriles is 1. The zero-order valence-corrected chi connectivity index (χ0v) is 12.6. The first-order chi connectivity index (χ1) is 9.76. The van der Waals surface area contributed by atoms with Crippen LogP contribution >= 0.6 is 15.9 Å². The second kappa shape index (κ2) is 5.68. The zero-order chi connectivity index (χ0) is 13.9. The van der Waals surface area contributed by atoms with Crippen molar-refractivity contribution in [1.82, 2.24) is 0 Å². The molecule has 0 radical (unpaired) electrons. The number of benzene rings is 2. The van der Waals surface area contributed by atoms with Crippen molar-refractivity contribution < 1.29 is 0 Å². The summed E-state index contributed by atoms with van der Waals surface area (Å²) in [5.41, 5.74) is 3.36. The molecule has 100 valence electrons. The van der Waals surface area contributed by atoms with Crippen molar-refractivity contribution in [2.24, 2.45) is 0 Å². The standard InChI is InChI=1S/C17H15BrN2/c18-15-6-8-16(9-7-15)20-17(11-19)14-3-1-2-13(10-14)12-4-5-12/h1-3,6-10,12,17,20H,4-5H2. The molecule has 3 rings (SSSR count). The number of hydrogen-bond acceptors (Lipinski definition) is 2. The molecule has 0 saturated heterocycles. The summed E-state index contributed by atoms with van der Waals surface area (Å²) < 4.78 is 1.03. The van der Waals surface area contributed by atoms with E-state index in [4.69, 9.17) is 0 Å². The normalized spacial score (nSPS) is 15.4. The molecular weight excluding hydrogens is 312 g/mol. The van der Waals surface area contributed by atoms with Crippen molar-refractivity contribution in [2.75, 3.05) is 5.32 Å². The van der Waals surface area contributed by atoms with Crippen LogP contribution in [0.3, 0.4) is 0 Å². The van der Waals surface area contributed by atoms with Gasteiger partial charge in [0, 0.05) is 10.2 Å². The number of nitrogens with one attached hydrogen (secondary N) is 1. The summed E-state index contributed by atoms with van der Waals surface area (Å²) in [6.45, 7) is 0. The van der Waals surface area contributed by atoms with Crippen LogP contribution in [0.1, 0.15) is 35.9 Å². The summed E-state index contributed by atoms with van der Waals surface area (Å²) >= 11 is 3.41. The van der Waals surface area contributed by atoms with Crippen LogP contribution in [-0.2, 0) is 0 Å². The Morgan fingerprint density at radius 3 is 2.55 bits per heavy atom. The van der Waals surface area contributed by atoms with Gasteiger partial charge in [0.15, 0.2) is 0 Å². The first-order valence-electron chi connectivity index (χ1n) is 6.78. The van der Waals surface area contributed by atoms with Crippen LogP contribution in [0.5, 0.6) is 0 Å². The van der Waals surface area contributed by atoms with Crippen LogP contribution in [0.2, 0.25) is 0 Å². The van der Waals surface area contributed by atoms with Crippen LogP contribution in [0.4, 0.5) is 5.69 Å². The van der Waals surface area contributed by atoms with Crippen molar-refractivity contribution >= 4 is 21.6 Å². The van der Waals surface area contributed by atoms with Crippen LogP contribution in [-0.4, -0.2) is 0 Å². The third-order valence-corrected chi connectivity index (χ3v) is 4.11. The monoisotopic (exact) mass is 326 g/mol. The lowest BCUT2D eigenvalue weighted by molar-refractivity contribution is 0.984. The lowest BCUT2D eigenvalue weighted by Crippen LogP contribution is -2.08. The van der Waals surface area contributed by atoms with Gasteiger partial charge in [0.1, 0.15) is 6.04 Å². The average Bonchev–Trinajstić information content (AvgIpc) is 3.31. The highest BCUT2D eigenvalue weighted by Crippen LogP contribution is 2.40. The summed E-state index contributed by atoms with van der Waals surface area (Å²) in [6.07, 6.45) is 2.56. The molecule has 2 aromatic carbocycles. The van der Waals surface area contributed by atoms with Gasteiger partial charge < -0.3 is 5.32 Å². The van der Waals surface area contributed by atoms with E-state index in [2.05, 4.69) is 45.5 Å². The van der Waals surface area contributed by atoms with E-state index in [0.717, 1.165) is 15.7 Å². The molecule has 0 heterocycles. The number of rotatable bonds is 4. The minimum Gasteiger partial charge on any atom is -0.366 e. The maximum absolute atomic E-state index is 9.42. The fourth-order valence-electron chi connectivity index (χ4n) is 2.31. The van der Waals surface area contributed by atoms with Gasteiger partial charge in [-0.15, -0.1) is 0 Å². The van der Waals surface area contributed by atoms with Gasteiger partial charge in [-0.05, 0) is 54.2 Å². The Balaban J connectivity index is 1.80. The van der Waals surface area contributed by atoms with Gasteiger partial charge in [0.2, 0.25) is 0 Å². The van der Waals surface area contributed by atoms with Gasteiger partial charge in [0.05, 0.1) is 6.07 Å². The Labute approximate surface area is 127 Å². The smallest absolute Gasteiger partial charge is 0.140 e. The first kappa shape index (κ1) is 13.2. The predicted molar refractivity (Wildman–Crippen MR) is 84.5 cm³/mol. The highest BCUT2D eigenvalue weighted by Gasteiger charge is 2.24. The maximum Gasteiger partial charge on any atom is 0.140 e. The van der Waals surface area contributed by atoms with Crippen LogP contribution in [0.15, 0.2) is 53.0 Å². The summed E-state index contributed by atoms with van der Waals surface area (Å²) in [7, 11) is 0. The molecule has 0 aromatic heterocycles. The molecule has 1 aliphatic carbocycles. The fourth-order valence-corrected chi connectivity index (χ4v) is 2.58. The van der Waals surface area contributed by atoms with E-state index in [0.29, 0.717) is 5.92 Å². The summed E-state index contributed by atoms with van der Waals surface area (Å²) in [6, 6.07) is 18.3. The third-order valence-electron chi connectivity index (χ3n) is 3.58. The molecule has 0 aliphatic heterocycles. The van der Waals surface area contributed by atoms with Crippen molar-refractivity contribution in [3.63, 3.8) is 0 Å². The van der Waals surface area contributed by atoms with E-state index in [1.165, 1.54) is 18.4 Å². The predicted octanol–water partition coefficient (Wildman–Crippen LogP) is 5.00. The Hall–Kier alpha value is -1.79. The lowest BCUT2D eigenvalue weighted by atomic mass is 10.0. The quantitative estimate of drug-likeness (QED) is 0.857. The molecule has 20 heavy (non-hydrogen) atoms. The maximum atomic E-state index is 9.42. The van der Waals surface area contributed by atoms with Crippen molar-refractivity contribution in [2.45, 2.75) is 24.8 Å². The molecule has 1 unspecified atom stereocenters. The van der Waals surface area contributed by atoms with E-state index in [1.54, 1.807) is 0 Å². The minimum atomic E-state index is -0.310. The molecule has 1 atom stereocenters. The highest BCUT2D eigenvalue weighted by atomic mass is 79.9. The Bertz CT molecular complexity index is 639. The Kier molecular flexibility index (Phi) is 3.75. The Morgan fingerprint density at radius 1 is 1.15 bits per heavy atom. The molecule has 1 aliphatic rings. The molecule has 0 bridgehead atoms. The Morgan fingerprint density at radius 2 is 1.90 bits per heavy atom. The number of nitrogens with zero attached hydrogens (tertiary/aromatic N) is 1. The van der Waals surface area contributed by atoms with Crippen LogP contribution in [0, 0.1) is 11.3 Å². The molecule has 1 fully saturated rings. The molecule has 2 nitrogen and oxygen atoms in total. The third kappa shape index (κ3) is 3.02. The van der Waals surface area contributed by atoms with E-state index in [-0.39, 0.29) is 6.04 Å². The number of halogens is 1. The highest BCUT2D eigenvalue weighted by molar-refractivity contribution is 9.10. The molecule has 1 saturated carbocycles. The van der Waals surface area contributed by atoms with Gasteiger partial charge in [0.25, 0.3) is 0 Å². The second-order valence-corrected chi connectivity index (χ2v) is 6.07. The topological polar surface area (TPSA) is 35.8 Å². The summed E-state index contributed by atoms with van der Waals surface area (Å²) in [4.78, 5) is 0. The van der Waals surface area contributed by atoms with Crippen molar-refractivity contribution in [3.8, 4) is 6.07 Å². The summed E-state index contributed by atoms with van der Waals surface area (Å²) in [5.74, 6) is 0.710. The molecule has 0 amide bonds. The molecular formula is C17H15BrN2. The average molecular weight is 327 g/mol. The molecule has 2 aromatic rings. The van der Waals surface area contributed by atoms with Crippen LogP contribution < -0.4 is 5.32 Å². The SMILES string of the molecule is N#CC(Nc1ccc(Br)cc1)c1cccc(C2CC2)c1. The second-order valence-electron chi connectivity index (χ2n) is 5.16. The van der Waals surface area contributed by atoms with Crippen molar-refractivity contribution in [1.29, 1.82) is 5.26 Å². The fraction of sp³-hybridized carbons (Fsp3) is 0.235. The van der Waals surface area contributed by atoms with Gasteiger partial charge >= 0.3 is 0 Å². The van der Waals surface area contributed by atoms with Gasteiger partial charge in [-0.1, -0.05) is 40.2 Å². The van der Waals surface area contributed by atoms with E-state index in [9.17, 15) is 5.26 Å². The number of anilines is 1. The summed E-state index contributed by atoms with van der Waals surface area (Å²) in [5, 5.41) is 12.7. The van der Waals surface area contributed by atoms with Crippen LogP contribution in [0.25, 0.3) is 0 Å². The largest absolute Gasteiger partial charge is 0.366 e. The number of hydrogen-bond donors (Lipinski definition) is 1. The minimum absolute atomic E-state index is 0.310. The van der Waals surface area contributed by atoms with E-state index in [1.807, 2.05) is 30.3 Å². The van der Waals surface area contributed by atoms with Gasteiger partial charge in [-0.25, -0.2) is 0 Å². The molecule has 1 N–H and O–H groups in total. The van der Waals surface area contributed by atoms with E-state index >= 15 is 0 Å². The lowest BCUT2D eigenvalue weighted by Gasteiger charge is -2.14. The van der Waals surface area contributed by atoms with Gasteiger partial charge in [-0.3, -0.25) is 0 Å². The van der Waals surface area contributed by atoms with Gasteiger partial charge in [-0.2, -0.15) is 5.26 Å².